The summed E-state index contributed by atoms with van der Waals surface area (Å²) in [7, 11) is 0. The monoisotopic (exact) mass is 549 g/mol. The zero-order valence-corrected chi connectivity index (χ0v) is 21.3. The molecule has 7 nitrogen and oxygen atoms in total. The van der Waals surface area contributed by atoms with Gasteiger partial charge in [-0.05, 0) is 48.7 Å². The Balaban J connectivity index is 1.48. The van der Waals surface area contributed by atoms with Gasteiger partial charge in [-0.3, -0.25) is 4.79 Å². The minimum atomic E-state index is -4.47. The molecule has 0 radical (unpaired) electrons. The van der Waals surface area contributed by atoms with Gasteiger partial charge in [0, 0.05) is 37.1 Å². The Labute approximate surface area is 220 Å². The lowest BCUT2D eigenvalue weighted by Gasteiger charge is -2.13. The van der Waals surface area contributed by atoms with E-state index in [0.717, 1.165) is 28.9 Å². The quantitative estimate of drug-likeness (QED) is 0.235. The minimum Gasteiger partial charge on any atom is -0.456 e. The second-order valence-electron chi connectivity index (χ2n) is 7.96. The molecule has 0 aliphatic rings. The second-order valence-corrected chi connectivity index (χ2v) is 9.35. The van der Waals surface area contributed by atoms with Crippen molar-refractivity contribution in [1.82, 2.24) is 19.9 Å². The van der Waals surface area contributed by atoms with Crippen LogP contribution in [0, 0.1) is 0 Å². The lowest BCUT2D eigenvalue weighted by Crippen LogP contribution is -2.27. The van der Waals surface area contributed by atoms with E-state index in [9.17, 15) is 18.0 Å². The largest absolute Gasteiger partial charge is 0.456 e. The van der Waals surface area contributed by atoms with Crippen LogP contribution in [0.3, 0.4) is 0 Å². The highest BCUT2D eigenvalue weighted by Crippen LogP contribution is 2.36. The smallest absolute Gasteiger partial charge is 0.416 e. The van der Waals surface area contributed by atoms with Crippen molar-refractivity contribution in [3.8, 4) is 11.5 Å². The number of alkyl halides is 3. The number of anilines is 2. The number of rotatable bonds is 10. The second kappa shape index (κ2) is 11.7. The van der Waals surface area contributed by atoms with E-state index in [0.29, 0.717) is 31.0 Å². The first kappa shape index (κ1) is 26.6. The van der Waals surface area contributed by atoms with Crippen LogP contribution in [0.2, 0.25) is 5.02 Å². The van der Waals surface area contributed by atoms with Crippen molar-refractivity contribution in [2.24, 2.45) is 0 Å². The Hall–Kier alpha value is -3.44. The third kappa shape index (κ3) is 6.86. The number of halogens is 4. The molecule has 0 aliphatic heterocycles. The van der Waals surface area contributed by atoms with Crippen LogP contribution in [-0.2, 0) is 17.5 Å². The van der Waals surface area contributed by atoms with Gasteiger partial charge in [0.05, 0.1) is 16.1 Å². The normalized spacial score (nSPS) is 11.5. The molecule has 2 aromatic carbocycles. The summed E-state index contributed by atoms with van der Waals surface area (Å²) in [6, 6.07) is 11.3. The summed E-state index contributed by atoms with van der Waals surface area (Å²) in [4.78, 5) is 20.6. The van der Waals surface area contributed by atoms with Gasteiger partial charge in [-0.1, -0.05) is 17.7 Å². The van der Waals surface area contributed by atoms with E-state index in [1.165, 1.54) is 18.5 Å². The average Bonchev–Trinajstić information content (AvgIpc) is 3.28. The average molecular weight is 550 g/mol. The number of fused-ring (bicyclic) bond motifs is 1. The van der Waals surface area contributed by atoms with Gasteiger partial charge in [0.25, 0.3) is 0 Å². The molecular formula is C25H23ClF3N5O2S. The van der Waals surface area contributed by atoms with Crippen molar-refractivity contribution < 1.29 is 22.7 Å². The minimum absolute atomic E-state index is 0.00231. The van der Waals surface area contributed by atoms with Gasteiger partial charge in [0.1, 0.15) is 23.3 Å². The van der Waals surface area contributed by atoms with Crippen molar-refractivity contribution in [2.75, 3.05) is 23.9 Å². The van der Waals surface area contributed by atoms with E-state index in [2.05, 4.69) is 20.6 Å². The van der Waals surface area contributed by atoms with Crippen LogP contribution in [0.4, 0.5) is 24.7 Å². The molecule has 2 aromatic heterocycles. The lowest BCUT2D eigenvalue weighted by atomic mass is 10.2. The highest BCUT2D eigenvalue weighted by atomic mass is 35.5. The lowest BCUT2D eigenvalue weighted by molar-refractivity contribution is -0.137. The molecule has 0 atom stereocenters. The maximum absolute atomic E-state index is 13.0. The first-order valence-electron chi connectivity index (χ1n) is 11.2. The molecule has 0 spiro atoms. The number of thioether (sulfide) groups is 1. The van der Waals surface area contributed by atoms with Crippen LogP contribution < -0.4 is 15.4 Å². The van der Waals surface area contributed by atoms with Gasteiger partial charge in [-0.2, -0.15) is 24.9 Å². The predicted molar refractivity (Wildman–Crippen MR) is 140 cm³/mol. The van der Waals surface area contributed by atoms with E-state index in [4.69, 9.17) is 16.3 Å². The van der Waals surface area contributed by atoms with Crippen molar-refractivity contribution in [1.29, 1.82) is 0 Å². The Morgan fingerprint density at radius 3 is 2.76 bits per heavy atom. The van der Waals surface area contributed by atoms with E-state index < -0.39 is 11.7 Å². The zero-order chi connectivity index (χ0) is 26.4. The molecule has 2 heterocycles. The van der Waals surface area contributed by atoms with Crippen LogP contribution in [0.5, 0.6) is 11.5 Å². The molecule has 0 aliphatic carbocycles. The number of hydrogen-bond acceptors (Lipinski definition) is 6. The van der Waals surface area contributed by atoms with Crippen LogP contribution in [0.1, 0.15) is 12.0 Å². The molecule has 4 rings (SSSR count). The predicted octanol–water partition coefficient (Wildman–Crippen LogP) is 6.51. The summed E-state index contributed by atoms with van der Waals surface area (Å²) >= 11 is 7.99. The topological polar surface area (TPSA) is 81.1 Å². The van der Waals surface area contributed by atoms with Crippen molar-refractivity contribution >= 4 is 51.8 Å². The van der Waals surface area contributed by atoms with Gasteiger partial charge in [-0.25, -0.2) is 9.97 Å². The van der Waals surface area contributed by atoms with Crippen molar-refractivity contribution in [3.63, 3.8) is 0 Å². The third-order valence-electron chi connectivity index (χ3n) is 5.34. The van der Waals surface area contributed by atoms with E-state index in [1.807, 2.05) is 23.1 Å². The maximum Gasteiger partial charge on any atom is 0.416 e. The highest BCUT2D eigenvalue weighted by molar-refractivity contribution is 7.98. The molecular weight excluding hydrogens is 527 g/mol. The van der Waals surface area contributed by atoms with Crippen molar-refractivity contribution in [3.05, 3.63) is 71.6 Å². The van der Waals surface area contributed by atoms with Gasteiger partial charge >= 0.3 is 6.18 Å². The van der Waals surface area contributed by atoms with Crippen LogP contribution in [0.15, 0.2) is 61.1 Å². The van der Waals surface area contributed by atoms with Crippen LogP contribution in [0.25, 0.3) is 11.0 Å². The molecule has 194 valence electrons. The van der Waals surface area contributed by atoms with Gasteiger partial charge < -0.3 is 19.9 Å². The van der Waals surface area contributed by atoms with E-state index in [1.54, 1.807) is 30.0 Å². The SMILES string of the molecule is CSCCC(=O)NCCn1ccc2ncnc(Nc3ccc(Oc4cccc(C(F)(F)F)c4)c(Cl)c3)c21. The molecule has 0 bridgehead atoms. The Bertz CT molecular complexity index is 1400. The molecule has 1 amide bonds. The molecule has 0 fully saturated rings. The fourth-order valence-electron chi connectivity index (χ4n) is 3.57. The number of nitrogens with zero attached hydrogens (tertiary/aromatic N) is 3. The fourth-order valence-corrected chi connectivity index (χ4v) is 4.18. The Kier molecular flexibility index (Phi) is 8.45. The number of ether oxygens (including phenoxy) is 1. The molecule has 0 saturated heterocycles. The molecule has 4 aromatic rings. The standard InChI is InChI=1S/C25H23ClF3N5O2S/c1-37-12-8-22(35)30-9-11-34-10-7-20-23(34)24(32-15-31-20)33-17-5-6-21(19(26)14-17)36-18-4-2-3-16(13-18)25(27,28)29/h2-7,10,13-15H,8-9,11-12H2,1H3,(H,30,35)(H,31,32,33). The van der Waals surface area contributed by atoms with E-state index in [-0.39, 0.29) is 22.4 Å². The first-order valence-corrected chi connectivity index (χ1v) is 13.0. The summed E-state index contributed by atoms with van der Waals surface area (Å²) in [5, 5.41) is 6.32. The fraction of sp³-hybridized carbons (Fsp3) is 0.240. The third-order valence-corrected chi connectivity index (χ3v) is 6.25. The number of hydrogen-bond donors (Lipinski definition) is 2. The summed E-state index contributed by atoms with van der Waals surface area (Å²) in [5.41, 5.74) is 1.26. The molecule has 2 N–H and O–H groups in total. The van der Waals surface area contributed by atoms with Crippen LogP contribution >= 0.6 is 23.4 Å². The molecule has 0 unspecified atom stereocenters. The molecule has 12 heteroatoms. The van der Waals surface area contributed by atoms with E-state index >= 15 is 0 Å². The number of amides is 1. The van der Waals surface area contributed by atoms with Gasteiger partial charge in [-0.15, -0.1) is 0 Å². The number of carbonyl (C=O) groups is 1. The number of benzene rings is 2. The number of nitrogens with one attached hydrogen (secondary N) is 2. The number of aromatic nitrogens is 3. The molecule has 37 heavy (non-hydrogen) atoms. The summed E-state index contributed by atoms with van der Waals surface area (Å²) in [6.45, 7) is 0.986. The highest BCUT2D eigenvalue weighted by Gasteiger charge is 2.30. The zero-order valence-electron chi connectivity index (χ0n) is 19.7. The number of carbonyl (C=O) groups excluding carboxylic acids is 1. The maximum atomic E-state index is 13.0. The summed E-state index contributed by atoms with van der Waals surface area (Å²) < 4.78 is 46.5. The van der Waals surface area contributed by atoms with Gasteiger partial charge in [0.15, 0.2) is 5.82 Å². The van der Waals surface area contributed by atoms with Gasteiger partial charge in [0.2, 0.25) is 5.91 Å². The van der Waals surface area contributed by atoms with Crippen LogP contribution in [-0.4, -0.2) is 39.0 Å². The molecule has 0 saturated carbocycles. The Morgan fingerprint density at radius 2 is 2.00 bits per heavy atom. The first-order chi connectivity index (χ1) is 17.7. The summed E-state index contributed by atoms with van der Waals surface area (Å²) in [5.74, 6) is 1.54. The summed E-state index contributed by atoms with van der Waals surface area (Å²) in [6.07, 6.45) is 1.26. The Morgan fingerprint density at radius 1 is 1.16 bits per heavy atom. The van der Waals surface area contributed by atoms with Crippen molar-refractivity contribution in [2.45, 2.75) is 19.1 Å².